The molecule has 1 amide bonds. The zero-order valence-electron chi connectivity index (χ0n) is 19.9. The van der Waals surface area contributed by atoms with Gasteiger partial charge < -0.3 is 10.4 Å². The predicted molar refractivity (Wildman–Crippen MR) is 126 cm³/mol. The third kappa shape index (κ3) is 16.6. The molecule has 7 heteroatoms. The number of aliphatic hydroxyl groups excluding tert-OH is 1. The number of rotatable bonds is 21. The van der Waals surface area contributed by atoms with Crippen LogP contribution in [0, 0.1) is 17.2 Å². The summed E-state index contributed by atoms with van der Waals surface area (Å²) in [7, 11) is 0. The molecular formula is C24H45N5O2. The molecule has 0 aromatic heterocycles. The van der Waals surface area contributed by atoms with Gasteiger partial charge in [-0.15, -0.1) is 0 Å². The van der Waals surface area contributed by atoms with Gasteiger partial charge in [-0.3, -0.25) is 4.79 Å². The average Bonchev–Trinajstić information content (AvgIpc) is 2.78. The van der Waals surface area contributed by atoms with Gasteiger partial charge in [-0.2, -0.15) is 5.26 Å². The molecule has 0 radical (unpaired) electrons. The van der Waals surface area contributed by atoms with Crippen molar-refractivity contribution in [1.82, 2.24) is 5.32 Å². The van der Waals surface area contributed by atoms with Crippen LogP contribution in [0.25, 0.3) is 10.4 Å². The molecular weight excluding hydrogens is 390 g/mol. The zero-order valence-corrected chi connectivity index (χ0v) is 19.9. The summed E-state index contributed by atoms with van der Waals surface area (Å²) >= 11 is 0. The molecule has 7 nitrogen and oxygen atoms in total. The third-order valence-electron chi connectivity index (χ3n) is 5.94. The quantitative estimate of drug-likeness (QED) is 0.0917. The van der Waals surface area contributed by atoms with Crippen molar-refractivity contribution < 1.29 is 9.90 Å². The first-order valence-corrected chi connectivity index (χ1v) is 12.5. The van der Waals surface area contributed by atoms with Crippen molar-refractivity contribution in [3.63, 3.8) is 0 Å². The first kappa shape index (κ1) is 29.2. The van der Waals surface area contributed by atoms with Gasteiger partial charge in [0.25, 0.3) is 0 Å². The van der Waals surface area contributed by atoms with Crippen LogP contribution in [-0.4, -0.2) is 29.7 Å². The summed E-state index contributed by atoms with van der Waals surface area (Å²) in [5.74, 6) is -0.641. The van der Waals surface area contributed by atoms with Gasteiger partial charge in [-0.25, -0.2) is 0 Å². The van der Waals surface area contributed by atoms with Gasteiger partial charge in [0.1, 0.15) is 6.10 Å². The molecule has 0 aromatic rings. The highest BCUT2D eigenvalue weighted by molar-refractivity contribution is 5.80. The van der Waals surface area contributed by atoms with Crippen molar-refractivity contribution in [3.05, 3.63) is 10.4 Å². The molecule has 0 aliphatic heterocycles. The lowest BCUT2D eigenvalue weighted by molar-refractivity contribution is -0.130. The normalized spacial score (nSPS) is 13.6. The van der Waals surface area contributed by atoms with Gasteiger partial charge >= 0.3 is 0 Å². The Hall–Kier alpha value is -1.77. The van der Waals surface area contributed by atoms with Gasteiger partial charge in [-0.1, -0.05) is 102 Å². The number of hydrogen-bond donors (Lipinski definition) is 2. The summed E-state index contributed by atoms with van der Waals surface area (Å²) in [6.07, 6.45) is 16.8. The second-order valence-electron chi connectivity index (χ2n) is 8.61. The van der Waals surface area contributed by atoms with E-state index in [9.17, 15) is 9.90 Å². The number of nitrogens with zero attached hydrogens (tertiary/aromatic N) is 4. The van der Waals surface area contributed by atoms with Crippen molar-refractivity contribution in [2.45, 2.75) is 129 Å². The van der Waals surface area contributed by atoms with E-state index < -0.39 is 12.0 Å². The fourth-order valence-corrected chi connectivity index (χ4v) is 3.86. The summed E-state index contributed by atoms with van der Waals surface area (Å²) < 4.78 is 0. The van der Waals surface area contributed by atoms with Crippen LogP contribution in [0.15, 0.2) is 5.11 Å². The summed E-state index contributed by atoms with van der Waals surface area (Å²) in [6.45, 7) is 4.18. The molecule has 0 saturated carbocycles. The van der Waals surface area contributed by atoms with E-state index >= 15 is 0 Å². The second kappa shape index (κ2) is 21.5. The molecule has 0 aromatic carbocycles. The van der Waals surface area contributed by atoms with E-state index in [-0.39, 0.29) is 24.9 Å². The van der Waals surface area contributed by atoms with Crippen LogP contribution in [0.3, 0.4) is 0 Å². The molecule has 178 valence electrons. The highest BCUT2D eigenvalue weighted by Crippen LogP contribution is 2.18. The Balaban J connectivity index is 4.17. The van der Waals surface area contributed by atoms with Crippen molar-refractivity contribution in [2.24, 2.45) is 11.0 Å². The Morgan fingerprint density at radius 2 is 1.52 bits per heavy atom. The number of azide groups is 1. The van der Waals surface area contributed by atoms with Crippen molar-refractivity contribution in [1.29, 1.82) is 5.26 Å². The molecule has 0 heterocycles. The zero-order chi connectivity index (χ0) is 23.2. The molecule has 0 fully saturated rings. The smallest absolute Gasteiger partial charge is 0.249 e. The standard InChI is InChI=1S/C24H45N5O2/c1-3-5-6-7-8-9-10-11-12-13-14-15-16-17-22(28-24(31)23(30)4-2)21(18-19-25)20-27-29-26/h21-23,30H,3-18,20H2,1-2H3,(H,28,31). The van der Waals surface area contributed by atoms with Crippen LogP contribution >= 0.6 is 0 Å². The molecule has 0 saturated heterocycles. The fourth-order valence-electron chi connectivity index (χ4n) is 3.86. The predicted octanol–water partition coefficient (Wildman–Crippen LogP) is 6.56. The average molecular weight is 436 g/mol. The summed E-state index contributed by atoms with van der Waals surface area (Å²) in [6, 6.07) is 1.87. The number of nitriles is 1. The maximum atomic E-state index is 12.2. The highest BCUT2D eigenvalue weighted by Gasteiger charge is 2.24. The lowest BCUT2D eigenvalue weighted by Crippen LogP contribution is -2.45. The van der Waals surface area contributed by atoms with Gasteiger partial charge in [0.2, 0.25) is 5.91 Å². The van der Waals surface area contributed by atoms with Crippen molar-refractivity contribution >= 4 is 5.91 Å². The van der Waals surface area contributed by atoms with E-state index in [0.717, 1.165) is 19.3 Å². The summed E-state index contributed by atoms with van der Waals surface area (Å²) in [5, 5.41) is 25.4. The number of nitrogens with one attached hydrogen (secondary N) is 1. The minimum atomic E-state index is -1.05. The summed E-state index contributed by atoms with van der Waals surface area (Å²) in [4.78, 5) is 14.9. The number of carbonyl (C=O) groups excluding carboxylic acids is 1. The lowest BCUT2D eigenvalue weighted by atomic mass is 9.91. The number of aliphatic hydroxyl groups is 1. The van der Waals surface area contributed by atoms with Crippen LogP contribution in [0.5, 0.6) is 0 Å². The lowest BCUT2D eigenvalue weighted by Gasteiger charge is -2.26. The van der Waals surface area contributed by atoms with Crippen LogP contribution in [0.4, 0.5) is 0 Å². The van der Waals surface area contributed by atoms with E-state index in [0.29, 0.717) is 6.42 Å². The minimum absolute atomic E-state index is 0.176. The SMILES string of the molecule is CCCCCCCCCCCCCCCC(NC(=O)C(O)CC)C(CC#N)CN=[N+]=[N-]. The summed E-state index contributed by atoms with van der Waals surface area (Å²) in [5.41, 5.74) is 8.62. The second-order valence-corrected chi connectivity index (χ2v) is 8.61. The molecule has 0 rings (SSSR count). The number of amides is 1. The maximum Gasteiger partial charge on any atom is 0.249 e. The van der Waals surface area contributed by atoms with Gasteiger partial charge in [0, 0.05) is 23.9 Å². The first-order valence-electron chi connectivity index (χ1n) is 12.5. The molecule has 0 aliphatic rings. The number of unbranched alkanes of at least 4 members (excludes halogenated alkanes) is 12. The van der Waals surface area contributed by atoms with E-state index in [1.54, 1.807) is 6.92 Å². The third-order valence-corrected chi connectivity index (χ3v) is 5.94. The van der Waals surface area contributed by atoms with Gasteiger partial charge in [0.05, 0.1) is 6.07 Å². The Bertz CT molecular complexity index is 529. The Morgan fingerprint density at radius 1 is 1.00 bits per heavy atom. The molecule has 0 aliphatic carbocycles. The topological polar surface area (TPSA) is 122 Å². The van der Waals surface area contributed by atoms with E-state index in [1.807, 2.05) is 0 Å². The first-order chi connectivity index (χ1) is 15.1. The van der Waals surface area contributed by atoms with E-state index in [1.165, 1.54) is 70.6 Å². The highest BCUT2D eigenvalue weighted by atomic mass is 16.3. The van der Waals surface area contributed by atoms with Crippen LogP contribution < -0.4 is 5.32 Å². The van der Waals surface area contributed by atoms with Gasteiger partial charge in [-0.05, 0) is 24.3 Å². The fraction of sp³-hybridized carbons (Fsp3) is 0.917. The van der Waals surface area contributed by atoms with E-state index in [4.69, 9.17) is 10.8 Å². The molecule has 0 spiro atoms. The van der Waals surface area contributed by atoms with Crippen molar-refractivity contribution in [2.75, 3.05) is 6.54 Å². The number of carbonyl (C=O) groups is 1. The van der Waals surface area contributed by atoms with Crippen LogP contribution in [0.2, 0.25) is 0 Å². The molecule has 31 heavy (non-hydrogen) atoms. The van der Waals surface area contributed by atoms with E-state index in [2.05, 4.69) is 28.3 Å². The van der Waals surface area contributed by atoms with Crippen molar-refractivity contribution in [3.8, 4) is 6.07 Å². The molecule has 2 N–H and O–H groups in total. The Labute approximate surface area is 189 Å². The Kier molecular flexibility index (Phi) is 20.2. The van der Waals surface area contributed by atoms with Gasteiger partial charge in [0.15, 0.2) is 0 Å². The largest absolute Gasteiger partial charge is 0.383 e. The molecule has 3 atom stereocenters. The molecule has 3 unspecified atom stereocenters. The molecule has 0 bridgehead atoms. The Morgan fingerprint density at radius 3 is 1.97 bits per heavy atom. The number of hydrogen-bond acceptors (Lipinski definition) is 4. The minimum Gasteiger partial charge on any atom is -0.383 e. The maximum absolute atomic E-state index is 12.2. The van der Waals surface area contributed by atoms with Crippen LogP contribution in [-0.2, 0) is 4.79 Å². The van der Waals surface area contributed by atoms with Crippen LogP contribution in [0.1, 0.15) is 117 Å². The monoisotopic (exact) mass is 435 g/mol.